The molecule has 94 valence electrons. The molecule has 0 radical (unpaired) electrons. The molecule has 1 aliphatic heterocycles. The molecule has 2 N–H and O–H groups in total. The van der Waals surface area contributed by atoms with Gasteiger partial charge in [0.1, 0.15) is 0 Å². The van der Waals surface area contributed by atoms with Crippen LogP contribution in [0.15, 0.2) is 0 Å². The largest absolute Gasteiger partial charge is 0.314 e. The molecule has 3 atom stereocenters. The van der Waals surface area contributed by atoms with E-state index >= 15 is 0 Å². The zero-order valence-corrected chi connectivity index (χ0v) is 11.2. The van der Waals surface area contributed by atoms with E-state index in [0.717, 1.165) is 43.9 Å². The van der Waals surface area contributed by atoms with Crippen LogP contribution in [0.25, 0.3) is 0 Å². The Bertz CT molecular complexity index is 207. The van der Waals surface area contributed by atoms with E-state index in [1.165, 1.54) is 19.3 Å². The average Bonchev–Trinajstić information content (AvgIpc) is 2.31. The van der Waals surface area contributed by atoms with Crippen molar-refractivity contribution in [1.29, 1.82) is 0 Å². The van der Waals surface area contributed by atoms with Gasteiger partial charge in [-0.15, -0.1) is 0 Å². The van der Waals surface area contributed by atoms with Crippen molar-refractivity contribution >= 4 is 0 Å². The quantitative estimate of drug-likeness (QED) is 0.659. The van der Waals surface area contributed by atoms with Crippen LogP contribution in [0.2, 0.25) is 0 Å². The smallest absolute Gasteiger partial charge is 0.00772 e. The number of nitrogens with one attached hydrogen (secondary N) is 2. The highest BCUT2D eigenvalue weighted by Crippen LogP contribution is 2.61. The SMILES string of the molecule is C1CNCCN1.CC1CCC2CC1C2(C)C. The molecule has 0 aromatic heterocycles. The first kappa shape index (κ1) is 12.4. The van der Waals surface area contributed by atoms with E-state index in [0.29, 0.717) is 5.41 Å². The van der Waals surface area contributed by atoms with Crippen molar-refractivity contribution in [2.75, 3.05) is 26.2 Å². The third kappa shape index (κ3) is 2.43. The van der Waals surface area contributed by atoms with Gasteiger partial charge in [-0.05, 0) is 36.0 Å². The van der Waals surface area contributed by atoms with Gasteiger partial charge in [0.25, 0.3) is 0 Å². The first-order valence-corrected chi connectivity index (χ1v) is 7.04. The van der Waals surface area contributed by atoms with Crippen LogP contribution in [0.3, 0.4) is 0 Å². The lowest BCUT2D eigenvalue weighted by atomic mass is 9.46. The molecular weight excluding hydrogens is 196 g/mol. The summed E-state index contributed by atoms with van der Waals surface area (Å²) in [5.74, 6) is 3.15. The minimum absolute atomic E-state index is 0.706. The summed E-state index contributed by atoms with van der Waals surface area (Å²) in [6.45, 7) is 11.9. The lowest BCUT2D eigenvalue weighted by Gasteiger charge is -2.59. The Morgan fingerprint density at radius 2 is 1.50 bits per heavy atom. The van der Waals surface area contributed by atoms with Crippen molar-refractivity contribution in [3.63, 3.8) is 0 Å². The molecule has 3 saturated carbocycles. The monoisotopic (exact) mass is 224 g/mol. The number of rotatable bonds is 0. The summed E-state index contributed by atoms with van der Waals surface area (Å²) in [4.78, 5) is 0. The molecule has 1 heterocycles. The third-order valence-electron chi connectivity index (χ3n) is 5.16. The second-order valence-electron chi connectivity index (χ2n) is 6.42. The van der Waals surface area contributed by atoms with Gasteiger partial charge in [-0.25, -0.2) is 0 Å². The van der Waals surface area contributed by atoms with Gasteiger partial charge >= 0.3 is 0 Å². The van der Waals surface area contributed by atoms with Crippen LogP contribution in [0.4, 0.5) is 0 Å². The van der Waals surface area contributed by atoms with Crippen LogP contribution in [-0.2, 0) is 0 Å². The predicted octanol–water partition coefficient (Wildman–Crippen LogP) is 2.26. The van der Waals surface area contributed by atoms with Crippen LogP contribution in [-0.4, -0.2) is 26.2 Å². The maximum atomic E-state index is 3.22. The molecule has 1 saturated heterocycles. The fourth-order valence-electron chi connectivity index (χ4n) is 3.78. The Labute approximate surface area is 101 Å². The standard InChI is InChI=1S/C10H18.C4H10N2/c1-7-4-5-8-6-9(7)10(8,2)3;1-2-6-4-3-5-1/h7-9H,4-6H2,1-3H3;5-6H,1-4H2. The molecule has 0 amide bonds. The zero-order valence-electron chi connectivity index (χ0n) is 11.2. The van der Waals surface area contributed by atoms with E-state index in [-0.39, 0.29) is 0 Å². The van der Waals surface area contributed by atoms with Gasteiger partial charge in [0.15, 0.2) is 0 Å². The third-order valence-corrected chi connectivity index (χ3v) is 5.16. The molecule has 0 spiro atoms. The predicted molar refractivity (Wildman–Crippen MR) is 69.5 cm³/mol. The molecule has 2 nitrogen and oxygen atoms in total. The Hall–Kier alpha value is -0.0800. The molecule has 2 bridgehead atoms. The number of hydrogen-bond acceptors (Lipinski definition) is 2. The fraction of sp³-hybridized carbons (Fsp3) is 1.00. The van der Waals surface area contributed by atoms with E-state index in [4.69, 9.17) is 0 Å². The maximum Gasteiger partial charge on any atom is 0.00772 e. The summed E-state index contributed by atoms with van der Waals surface area (Å²) in [7, 11) is 0. The number of hydrogen-bond donors (Lipinski definition) is 2. The molecular formula is C14H28N2. The van der Waals surface area contributed by atoms with Gasteiger partial charge in [-0.1, -0.05) is 27.2 Å². The number of fused-ring (bicyclic) bond motifs is 2. The van der Waals surface area contributed by atoms with Crippen LogP contribution in [0.1, 0.15) is 40.0 Å². The van der Waals surface area contributed by atoms with Gasteiger partial charge in [-0.2, -0.15) is 0 Å². The minimum Gasteiger partial charge on any atom is -0.314 e. The first-order chi connectivity index (χ1) is 7.62. The Morgan fingerprint density at radius 1 is 0.938 bits per heavy atom. The van der Waals surface area contributed by atoms with E-state index in [2.05, 4.69) is 31.4 Å². The zero-order chi connectivity index (χ0) is 11.6. The molecule has 2 heteroatoms. The van der Waals surface area contributed by atoms with Crippen molar-refractivity contribution in [2.45, 2.75) is 40.0 Å². The highest BCUT2D eigenvalue weighted by Gasteiger charge is 2.52. The Morgan fingerprint density at radius 3 is 1.75 bits per heavy atom. The van der Waals surface area contributed by atoms with Gasteiger partial charge in [0, 0.05) is 26.2 Å². The first-order valence-electron chi connectivity index (χ1n) is 7.04. The lowest BCUT2D eigenvalue weighted by Crippen LogP contribution is -2.51. The van der Waals surface area contributed by atoms with Crippen LogP contribution in [0.5, 0.6) is 0 Å². The molecule has 4 fully saturated rings. The van der Waals surface area contributed by atoms with Crippen LogP contribution >= 0.6 is 0 Å². The molecule has 16 heavy (non-hydrogen) atoms. The second kappa shape index (κ2) is 5.05. The minimum atomic E-state index is 0.706. The van der Waals surface area contributed by atoms with Crippen molar-refractivity contribution in [2.24, 2.45) is 23.2 Å². The van der Waals surface area contributed by atoms with Gasteiger partial charge < -0.3 is 10.6 Å². The molecule has 4 aliphatic rings. The summed E-state index contributed by atoms with van der Waals surface area (Å²) in [6, 6.07) is 0. The van der Waals surface area contributed by atoms with E-state index in [1.807, 2.05) is 0 Å². The summed E-state index contributed by atoms with van der Waals surface area (Å²) in [6.07, 6.45) is 4.54. The molecule has 0 aromatic carbocycles. The van der Waals surface area contributed by atoms with Crippen LogP contribution in [0, 0.1) is 23.2 Å². The molecule has 4 rings (SSSR count). The fourth-order valence-corrected chi connectivity index (χ4v) is 3.78. The average molecular weight is 224 g/mol. The van der Waals surface area contributed by atoms with E-state index in [9.17, 15) is 0 Å². The van der Waals surface area contributed by atoms with E-state index < -0.39 is 0 Å². The van der Waals surface area contributed by atoms with E-state index in [1.54, 1.807) is 0 Å². The number of piperazine rings is 1. The lowest BCUT2D eigenvalue weighted by molar-refractivity contribution is -0.0988. The topological polar surface area (TPSA) is 24.1 Å². The molecule has 0 aromatic rings. The van der Waals surface area contributed by atoms with Gasteiger partial charge in [0.05, 0.1) is 0 Å². The summed E-state index contributed by atoms with van der Waals surface area (Å²) >= 11 is 0. The van der Waals surface area contributed by atoms with Crippen molar-refractivity contribution in [3.8, 4) is 0 Å². The Balaban J connectivity index is 0.000000138. The van der Waals surface area contributed by atoms with Gasteiger partial charge in [-0.3, -0.25) is 0 Å². The second-order valence-corrected chi connectivity index (χ2v) is 6.42. The van der Waals surface area contributed by atoms with Gasteiger partial charge in [0.2, 0.25) is 0 Å². The highest BCUT2D eigenvalue weighted by molar-refractivity contribution is 5.01. The van der Waals surface area contributed by atoms with Crippen LogP contribution < -0.4 is 10.6 Å². The molecule has 3 aliphatic carbocycles. The molecule has 3 unspecified atom stereocenters. The highest BCUT2D eigenvalue weighted by atomic mass is 15.0. The summed E-state index contributed by atoms with van der Waals surface area (Å²) < 4.78 is 0. The normalized spacial score (nSPS) is 40.3. The maximum absolute atomic E-state index is 3.22. The van der Waals surface area contributed by atoms with Crippen molar-refractivity contribution in [3.05, 3.63) is 0 Å². The summed E-state index contributed by atoms with van der Waals surface area (Å²) in [5, 5.41) is 6.44. The van der Waals surface area contributed by atoms with Crippen molar-refractivity contribution in [1.82, 2.24) is 10.6 Å². The summed E-state index contributed by atoms with van der Waals surface area (Å²) in [5.41, 5.74) is 0.706. The van der Waals surface area contributed by atoms with Crippen molar-refractivity contribution < 1.29 is 0 Å². The Kier molecular flexibility index (Phi) is 3.91.